The van der Waals surface area contributed by atoms with Gasteiger partial charge in [0.05, 0.1) is 16.7 Å². The van der Waals surface area contributed by atoms with E-state index in [1.807, 2.05) is 18.2 Å². The molecule has 0 aliphatic rings. The lowest BCUT2D eigenvalue weighted by Gasteiger charge is -2.16. The molecule has 57 heavy (non-hydrogen) atoms. The van der Waals surface area contributed by atoms with Crippen LogP contribution in [-0.2, 0) is 0 Å². The van der Waals surface area contributed by atoms with Crippen molar-refractivity contribution in [1.29, 1.82) is 0 Å². The van der Waals surface area contributed by atoms with E-state index in [1.54, 1.807) is 0 Å². The van der Waals surface area contributed by atoms with Crippen molar-refractivity contribution < 1.29 is 0 Å². The van der Waals surface area contributed by atoms with Crippen LogP contribution in [0.5, 0.6) is 0 Å². The minimum absolute atomic E-state index is 0.618. The fourth-order valence-corrected chi connectivity index (χ4v) is 8.27. The summed E-state index contributed by atoms with van der Waals surface area (Å²) in [5.41, 5.74) is 10.8. The van der Waals surface area contributed by atoms with Crippen molar-refractivity contribution in [2.24, 2.45) is 0 Å². The predicted molar refractivity (Wildman–Crippen MR) is 236 cm³/mol. The van der Waals surface area contributed by atoms with E-state index < -0.39 is 0 Å². The second kappa shape index (κ2) is 13.6. The normalized spacial score (nSPS) is 11.5. The van der Waals surface area contributed by atoms with Crippen LogP contribution >= 0.6 is 0 Å². The molecule has 2 aromatic heterocycles. The first kappa shape index (κ1) is 32.7. The maximum Gasteiger partial charge on any atom is 0.166 e. The Morgan fingerprint density at radius 3 is 1.56 bits per heavy atom. The largest absolute Gasteiger partial charge is 0.308 e. The number of fused-ring (bicyclic) bond motifs is 5. The van der Waals surface area contributed by atoms with E-state index in [4.69, 9.17) is 15.0 Å². The molecule has 11 rings (SSSR count). The number of nitrogens with zero attached hydrogens (tertiary/aromatic N) is 4. The predicted octanol–water partition coefficient (Wildman–Crippen LogP) is 13.6. The molecular formula is C53H34N4. The Morgan fingerprint density at radius 2 is 0.807 bits per heavy atom. The zero-order chi connectivity index (χ0) is 37.7. The first-order chi connectivity index (χ1) is 28.2. The number of rotatable bonds is 6. The highest BCUT2D eigenvalue weighted by Gasteiger charge is 2.21. The Morgan fingerprint density at radius 1 is 0.281 bits per heavy atom. The van der Waals surface area contributed by atoms with Crippen LogP contribution in [0.15, 0.2) is 206 Å². The van der Waals surface area contributed by atoms with Gasteiger partial charge in [-0.2, -0.15) is 0 Å². The van der Waals surface area contributed by atoms with Crippen LogP contribution in [0.4, 0.5) is 0 Å². The molecule has 0 saturated carbocycles. The molecule has 0 unspecified atom stereocenters. The van der Waals surface area contributed by atoms with Crippen LogP contribution in [-0.4, -0.2) is 19.5 Å². The van der Waals surface area contributed by atoms with Crippen LogP contribution in [0.3, 0.4) is 0 Å². The molecule has 9 aromatic carbocycles. The summed E-state index contributed by atoms with van der Waals surface area (Å²) in [5, 5.41) is 6.94. The van der Waals surface area contributed by atoms with Crippen molar-refractivity contribution >= 4 is 43.4 Å². The molecular weight excluding hydrogens is 693 g/mol. The van der Waals surface area contributed by atoms with Gasteiger partial charge in [-0.05, 0) is 80.2 Å². The average Bonchev–Trinajstić information content (AvgIpc) is 3.62. The molecule has 4 heteroatoms. The van der Waals surface area contributed by atoms with Crippen molar-refractivity contribution in [2.75, 3.05) is 0 Å². The Kier molecular flexibility index (Phi) is 7.78. The molecule has 0 fully saturated rings. The number of para-hydroxylation sites is 1. The summed E-state index contributed by atoms with van der Waals surface area (Å²) in [6.45, 7) is 0. The van der Waals surface area contributed by atoms with Crippen molar-refractivity contribution in [1.82, 2.24) is 19.5 Å². The summed E-state index contributed by atoms with van der Waals surface area (Å²) < 4.78 is 2.39. The zero-order valence-electron chi connectivity index (χ0n) is 30.9. The van der Waals surface area contributed by atoms with Crippen LogP contribution in [0, 0.1) is 0 Å². The molecule has 0 aliphatic carbocycles. The van der Waals surface area contributed by atoms with Gasteiger partial charge in [0.1, 0.15) is 0 Å². The van der Waals surface area contributed by atoms with E-state index in [9.17, 15) is 0 Å². The minimum atomic E-state index is 0.618. The van der Waals surface area contributed by atoms with Crippen LogP contribution in [0.2, 0.25) is 0 Å². The van der Waals surface area contributed by atoms with Crippen molar-refractivity contribution in [2.45, 2.75) is 0 Å². The van der Waals surface area contributed by atoms with Crippen LogP contribution < -0.4 is 0 Å². The van der Waals surface area contributed by atoms with Gasteiger partial charge in [-0.3, -0.25) is 0 Å². The van der Waals surface area contributed by atoms with Crippen LogP contribution in [0.25, 0.3) is 105 Å². The second-order valence-corrected chi connectivity index (χ2v) is 14.4. The van der Waals surface area contributed by atoms with Gasteiger partial charge in [-0.25, -0.2) is 15.0 Å². The summed E-state index contributed by atoms with van der Waals surface area (Å²) in [7, 11) is 0. The summed E-state index contributed by atoms with van der Waals surface area (Å²) >= 11 is 0. The Balaban J connectivity index is 1.17. The molecule has 0 radical (unpaired) electrons. The third-order valence-electron chi connectivity index (χ3n) is 11.0. The summed E-state index contributed by atoms with van der Waals surface area (Å²) in [4.78, 5) is 15.7. The first-order valence-electron chi connectivity index (χ1n) is 19.3. The number of hydrogen-bond acceptors (Lipinski definition) is 3. The molecule has 0 saturated heterocycles. The SMILES string of the molecule is c1ccc(-c2nc(-c3ccc4ccccc4c3)nc(-c3cc4ccccc4cc3-n3c4ccccc4c4cc(-c5ccccc5-c5ccccc5)ccc43)n2)cc1. The maximum absolute atomic E-state index is 5.30. The topological polar surface area (TPSA) is 43.6 Å². The maximum atomic E-state index is 5.30. The zero-order valence-corrected chi connectivity index (χ0v) is 30.9. The Labute approximate surface area is 330 Å². The fourth-order valence-electron chi connectivity index (χ4n) is 8.27. The second-order valence-electron chi connectivity index (χ2n) is 14.4. The minimum Gasteiger partial charge on any atom is -0.308 e. The lowest BCUT2D eigenvalue weighted by atomic mass is 9.94. The summed E-state index contributed by atoms with van der Waals surface area (Å²) in [6.07, 6.45) is 0. The lowest BCUT2D eigenvalue weighted by Crippen LogP contribution is -2.04. The standard InChI is InChI=1S/C53H34N4/c1-3-16-36(17-4-1)43-23-11-12-24-44(43)41-29-30-49-46(33-41)45-25-13-14-26-48(45)57(49)50-34-40-22-10-9-21-39(40)32-47(50)53-55-51(37-18-5-2-6-19-37)54-52(56-53)42-28-27-35-15-7-8-20-38(35)31-42/h1-34H. The first-order valence-corrected chi connectivity index (χ1v) is 19.3. The smallest absolute Gasteiger partial charge is 0.166 e. The molecule has 2 heterocycles. The number of benzene rings is 9. The van der Waals surface area contributed by atoms with E-state index in [0.717, 1.165) is 49.6 Å². The Hall–Kier alpha value is -7.69. The third-order valence-corrected chi connectivity index (χ3v) is 11.0. The monoisotopic (exact) mass is 726 g/mol. The average molecular weight is 727 g/mol. The summed E-state index contributed by atoms with van der Waals surface area (Å²) in [6, 6.07) is 73.0. The van der Waals surface area contributed by atoms with Crippen molar-refractivity contribution in [3.8, 4) is 62.1 Å². The van der Waals surface area contributed by atoms with Gasteiger partial charge in [-0.1, -0.05) is 170 Å². The fraction of sp³-hybridized carbons (Fsp3) is 0. The lowest BCUT2D eigenvalue weighted by molar-refractivity contribution is 1.07. The van der Waals surface area contributed by atoms with Crippen molar-refractivity contribution in [3.05, 3.63) is 206 Å². The molecule has 0 N–H and O–H groups in total. The third kappa shape index (κ3) is 5.74. The van der Waals surface area contributed by atoms with E-state index in [0.29, 0.717) is 17.5 Å². The summed E-state index contributed by atoms with van der Waals surface area (Å²) in [5.74, 6) is 1.88. The molecule has 0 spiro atoms. The molecule has 0 aliphatic heterocycles. The van der Waals surface area contributed by atoms with Crippen LogP contribution in [0.1, 0.15) is 0 Å². The number of hydrogen-bond donors (Lipinski definition) is 0. The number of aromatic nitrogens is 4. The molecule has 0 amide bonds. The van der Waals surface area contributed by atoms with E-state index >= 15 is 0 Å². The molecule has 4 nitrogen and oxygen atoms in total. The molecule has 0 bridgehead atoms. The molecule has 0 atom stereocenters. The highest BCUT2D eigenvalue weighted by molar-refractivity contribution is 6.11. The van der Waals surface area contributed by atoms with E-state index in [2.05, 4.69) is 193 Å². The van der Waals surface area contributed by atoms with E-state index in [1.165, 1.54) is 38.4 Å². The van der Waals surface area contributed by atoms with Gasteiger partial charge in [0.2, 0.25) is 0 Å². The van der Waals surface area contributed by atoms with Gasteiger partial charge >= 0.3 is 0 Å². The van der Waals surface area contributed by atoms with Gasteiger partial charge in [0.15, 0.2) is 17.5 Å². The Bertz CT molecular complexity index is 3290. The van der Waals surface area contributed by atoms with Gasteiger partial charge in [0, 0.05) is 27.5 Å². The highest BCUT2D eigenvalue weighted by atomic mass is 15.1. The van der Waals surface area contributed by atoms with Gasteiger partial charge in [-0.15, -0.1) is 0 Å². The quantitative estimate of drug-likeness (QED) is 0.171. The van der Waals surface area contributed by atoms with E-state index in [-0.39, 0.29) is 0 Å². The van der Waals surface area contributed by atoms with Gasteiger partial charge < -0.3 is 4.57 Å². The van der Waals surface area contributed by atoms with Gasteiger partial charge in [0.25, 0.3) is 0 Å². The molecule has 266 valence electrons. The molecule has 11 aromatic rings. The van der Waals surface area contributed by atoms with Crippen molar-refractivity contribution in [3.63, 3.8) is 0 Å². The highest BCUT2D eigenvalue weighted by Crippen LogP contribution is 2.41.